The Balaban J connectivity index is 2.79. The molecule has 0 aliphatic carbocycles. The van der Waals surface area contributed by atoms with Crippen LogP contribution in [0.4, 0.5) is 0 Å². The van der Waals surface area contributed by atoms with E-state index >= 15 is 0 Å². The number of hydrogen-bond donors (Lipinski definition) is 1. The van der Waals surface area contributed by atoms with E-state index in [1.54, 1.807) is 6.07 Å². The molecular weight excluding hydrogens is 242 g/mol. The van der Waals surface area contributed by atoms with Gasteiger partial charge in [0.1, 0.15) is 5.75 Å². The van der Waals surface area contributed by atoms with Gasteiger partial charge in [0.2, 0.25) is 0 Å². The summed E-state index contributed by atoms with van der Waals surface area (Å²) in [6.45, 7) is 7.06. The molecule has 1 aromatic rings. The zero-order chi connectivity index (χ0) is 10.6. The van der Waals surface area contributed by atoms with Gasteiger partial charge in [-0.3, -0.25) is 4.90 Å². The maximum Gasteiger partial charge on any atom is 0.120 e. The Morgan fingerprint density at radius 3 is 2.50 bits per heavy atom. The number of halogens is 1. The van der Waals surface area contributed by atoms with Crippen molar-refractivity contribution >= 4 is 15.9 Å². The molecule has 0 radical (unpaired) electrons. The lowest BCUT2D eigenvalue weighted by molar-refractivity contribution is 0.291. The molecule has 0 aromatic heterocycles. The maximum absolute atomic E-state index is 9.63. The number of hydrogen-bond acceptors (Lipinski definition) is 2. The highest BCUT2D eigenvalue weighted by Crippen LogP contribution is 2.22. The van der Waals surface area contributed by atoms with Crippen molar-refractivity contribution in [1.29, 1.82) is 0 Å². The third kappa shape index (κ3) is 3.00. The van der Waals surface area contributed by atoms with Gasteiger partial charge in [-0.15, -0.1) is 0 Å². The molecule has 0 heterocycles. The fourth-order valence-corrected chi connectivity index (χ4v) is 1.78. The van der Waals surface area contributed by atoms with E-state index in [0.29, 0.717) is 5.75 Å². The van der Waals surface area contributed by atoms with Crippen molar-refractivity contribution in [2.45, 2.75) is 20.4 Å². The van der Waals surface area contributed by atoms with Crippen LogP contribution in [-0.4, -0.2) is 23.1 Å². The summed E-state index contributed by atoms with van der Waals surface area (Å²) in [7, 11) is 0. The van der Waals surface area contributed by atoms with E-state index in [-0.39, 0.29) is 0 Å². The first-order chi connectivity index (χ1) is 6.67. The van der Waals surface area contributed by atoms with Crippen molar-refractivity contribution in [3.05, 3.63) is 28.2 Å². The van der Waals surface area contributed by atoms with Crippen LogP contribution >= 0.6 is 15.9 Å². The number of rotatable bonds is 4. The second-order valence-corrected chi connectivity index (χ2v) is 4.15. The van der Waals surface area contributed by atoms with Crippen molar-refractivity contribution in [2.24, 2.45) is 0 Å². The molecule has 0 aliphatic rings. The zero-order valence-electron chi connectivity index (χ0n) is 8.63. The number of nitrogens with zero attached hydrogens (tertiary/aromatic N) is 1. The van der Waals surface area contributed by atoms with Gasteiger partial charge in [-0.2, -0.15) is 0 Å². The van der Waals surface area contributed by atoms with Gasteiger partial charge in [0.25, 0.3) is 0 Å². The molecule has 0 saturated heterocycles. The second kappa shape index (κ2) is 5.37. The summed E-state index contributed by atoms with van der Waals surface area (Å²) in [5, 5.41) is 9.63. The quantitative estimate of drug-likeness (QED) is 0.897. The smallest absolute Gasteiger partial charge is 0.120 e. The van der Waals surface area contributed by atoms with Gasteiger partial charge in [-0.1, -0.05) is 29.8 Å². The normalized spacial score (nSPS) is 10.9. The van der Waals surface area contributed by atoms with Gasteiger partial charge in [0, 0.05) is 16.6 Å². The minimum Gasteiger partial charge on any atom is -0.508 e. The van der Waals surface area contributed by atoms with Crippen LogP contribution in [0.1, 0.15) is 19.4 Å². The van der Waals surface area contributed by atoms with Gasteiger partial charge in [0.05, 0.1) is 0 Å². The summed E-state index contributed by atoms with van der Waals surface area (Å²) in [6.07, 6.45) is 0. The maximum atomic E-state index is 9.63. The number of phenolic OH excluding ortho intramolecular Hbond substituents is 1. The van der Waals surface area contributed by atoms with Crippen molar-refractivity contribution in [3.8, 4) is 5.75 Å². The van der Waals surface area contributed by atoms with E-state index in [1.807, 2.05) is 12.1 Å². The highest BCUT2D eigenvalue weighted by molar-refractivity contribution is 9.10. The Kier molecular flexibility index (Phi) is 4.42. The fraction of sp³-hybridized carbons (Fsp3) is 0.455. The first-order valence-electron chi connectivity index (χ1n) is 4.87. The van der Waals surface area contributed by atoms with Crippen LogP contribution < -0.4 is 0 Å². The first kappa shape index (κ1) is 11.5. The molecular formula is C11H16BrNO. The van der Waals surface area contributed by atoms with Gasteiger partial charge < -0.3 is 5.11 Å². The predicted octanol–water partition coefficient (Wildman–Crippen LogP) is 3.00. The summed E-state index contributed by atoms with van der Waals surface area (Å²) in [5.74, 6) is 0.375. The van der Waals surface area contributed by atoms with Crippen LogP contribution in [0.5, 0.6) is 5.75 Å². The minimum atomic E-state index is 0.375. The monoisotopic (exact) mass is 257 g/mol. The molecule has 0 spiro atoms. The lowest BCUT2D eigenvalue weighted by Gasteiger charge is -2.18. The summed E-state index contributed by atoms with van der Waals surface area (Å²) in [4.78, 5) is 2.27. The molecule has 0 saturated carbocycles. The second-order valence-electron chi connectivity index (χ2n) is 3.23. The molecule has 0 fully saturated rings. The van der Waals surface area contributed by atoms with Crippen LogP contribution in [0.2, 0.25) is 0 Å². The molecule has 0 aliphatic heterocycles. The van der Waals surface area contributed by atoms with Gasteiger partial charge in [0.15, 0.2) is 0 Å². The molecule has 1 rings (SSSR count). The summed E-state index contributed by atoms with van der Waals surface area (Å²) >= 11 is 3.40. The van der Waals surface area contributed by atoms with E-state index < -0.39 is 0 Å². The third-order valence-electron chi connectivity index (χ3n) is 2.33. The molecule has 1 N–H and O–H groups in total. The Morgan fingerprint density at radius 1 is 1.29 bits per heavy atom. The van der Waals surface area contributed by atoms with E-state index in [4.69, 9.17) is 0 Å². The molecule has 0 atom stereocenters. The Bertz CT molecular complexity index is 297. The van der Waals surface area contributed by atoms with Crippen LogP contribution in [-0.2, 0) is 6.54 Å². The van der Waals surface area contributed by atoms with Crippen molar-refractivity contribution in [2.75, 3.05) is 13.1 Å². The molecule has 0 bridgehead atoms. The predicted molar refractivity (Wildman–Crippen MR) is 62.4 cm³/mol. The van der Waals surface area contributed by atoms with Gasteiger partial charge in [-0.05, 0) is 31.3 Å². The van der Waals surface area contributed by atoms with E-state index in [2.05, 4.69) is 34.7 Å². The molecule has 14 heavy (non-hydrogen) atoms. The topological polar surface area (TPSA) is 23.5 Å². The molecule has 2 nitrogen and oxygen atoms in total. The molecule has 1 aromatic carbocycles. The fourth-order valence-electron chi connectivity index (χ4n) is 1.37. The number of benzene rings is 1. The van der Waals surface area contributed by atoms with Crippen molar-refractivity contribution in [1.82, 2.24) is 4.90 Å². The van der Waals surface area contributed by atoms with Gasteiger partial charge >= 0.3 is 0 Å². The lowest BCUT2D eigenvalue weighted by Crippen LogP contribution is -2.22. The van der Waals surface area contributed by atoms with Crippen LogP contribution in [0.15, 0.2) is 22.7 Å². The summed E-state index contributed by atoms with van der Waals surface area (Å²) < 4.78 is 1.01. The molecule has 0 amide bonds. The Morgan fingerprint density at radius 2 is 1.93 bits per heavy atom. The standard InChI is InChI=1S/C11H16BrNO/c1-3-13(4-2)8-9-7-10(12)5-6-11(9)14/h5-7,14H,3-4,8H2,1-2H3. The van der Waals surface area contributed by atoms with Gasteiger partial charge in [-0.25, -0.2) is 0 Å². The first-order valence-corrected chi connectivity index (χ1v) is 5.66. The average molecular weight is 258 g/mol. The Labute approximate surface area is 93.7 Å². The average Bonchev–Trinajstić information content (AvgIpc) is 2.19. The van der Waals surface area contributed by atoms with Crippen LogP contribution in [0, 0.1) is 0 Å². The van der Waals surface area contributed by atoms with E-state index in [1.165, 1.54) is 0 Å². The third-order valence-corrected chi connectivity index (χ3v) is 2.82. The zero-order valence-corrected chi connectivity index (χ0v) is 10.2. The SMILES string of the molecule is CCN(CC)Cc1cc(Br)ccc1O. The highest BCUT2D eigenvalue weighted by Gasteiger charge is 2.05. The van der Waals surface area contributed by atoms with Crippen molar-refractivity contribution < 1.29 is 5.11 Å². The summed E-state index contributed by atoms with van der Waals surface area (Å²) in [6, 6.07) is 5.54. The molecule has 0 unspecified atom stereocenters. The largest absolute Gasteiger partial charge is 0.508 e. The number of phenols is 1. The minimum absolute atomic E-state index is 0.375. The summed E-state index contributed by atoms with van der Waals surface area (Å²) in [5.41, 5.74) is 0.975. The number of aromatic hydroxyl groups is 1. The van der Waals surface area contributed by atoms with Crippen molar-refractivity contribution in [3.63, 3.8) is 0 Å². The van der Waals surface area contributed by atoms with E-state index in [0.717, 1.165) is 29.7 Å². The van der Waals surface area contributed by atoms with Crippen LogP contribution in [0.3, 0.4) is 0 Å². The lowest BCUT2D eigenvalue weighted by atomic mass is 10.2. The molecule has 78 valence electrons. The molecule has 3 heteroatoms. The highest BCUT2D eigenvalue weighted by atomic mass is 79.9. The van der Waals surface area contributed by atoms with Crippen LogP contribution in [0.25, 0.3) is 0 Å². The Hall–Kier alpha value is -0.540. The van der Waals surface area contributed by atoms with E-state index in [9.17, 15) is 5.11 Å².